The molecule has 0 aliphatic rings. The number of nitrogens with one attached hydrogen (secondary N) is 1. The van der Waals surface area contributed by atoms with E-state index in [4.69, 9.17) is 10.8 Å². The monoisotopic (exact) mass is 478 g/mol. The van der Waals surface area contributed by atoms with Crippen LogP contribution in [0.2, 0.25) is 0 Å². The Morgan fingerprint density at radius 1 is 1.00 bits per heavy atom. The summed E-state index contributed by atoms with van der Waals surface area (Å²) in [7, 11) is 0. The lowest BCUT2D eigenvalue weighted by molar-refractivity contribution is -0.137. The van der Waals surface area contributed by atoms with Crippen molar-refractivity contribution in [1.29, 1.82) is 0 Å². The van der Waals surface area contributed by atoms with Crippen LogP contribution >= 0.6 is 12.6 Å². The molecule has 0 bridgehead atoms. The topological polar surface area (TPSA) is 130 Å². The third-order valence-electron chi connectivity index (χ3n) is 4.55. The molecule has 3 atom stereocenters. The minimum atomic E-state index is -1.06. The number of thiol groups is 1. The Hall–Kier alpha value is -2.42. The summed E-state index contributed by atoms with van der Waals surface area (Å²) in [5.41, 5.74) is 5.58. The predicted octanol–water partition coefficient (Wildman–Crippen LogP) is 3.13. The number of carbonyl (C=O) groups is 3. The second-order valence-electron chi connectivity index (χ2n) is 7.37. The quantitative estimate of drug-likeness (QED) is 0.117. The fourth-order valence-corrected chi connectivity index (χ4v) is 2.85. The van der Waals surface area contributed by atoms with Crippen LogP contribution in [0.5, 0.6) is 0 Å². The molecule has 7 nitrogen and oxygen atoms in total. The fourth-order valence-electron chi connectivity index (χ4n) is 2.68. The molecule has 5 N–H and O–H groups in total. The summed E-state index contributed by atoms with van der Waals surface area (Å²) in [6, 6.07) is -0.826. The van der Waals surface area contributed by atoms with Gasteiger partial charge in [0.1, 0.15) is 0 Å². The highest BCUT2D eigenvalue weighted by Gasteiger charge is 2.25. The lowest BCUT2D eigenvalue weighted by Crippen LogP contribution is -2.45. The SMILES string of the molecule is CC/C=C\C/C=C\C\C=C/C=C/C=C/[C@@H](C(=O)CNC(=O)[C@H](N)CS)[C@@H](O)CCCC(=O)O. The molecular weight excluding hydrogens is 440 g/mol. The van der Waals surface area contributed by atoms with Crippen LogP contribution in [0.1, 0.15) is 45.4 Å². The third kappa shape index (κ3) is 16.8. The van der Waals surface area contributed by atoms with Gasteiger partial charge in [0.15, 0.2) is 5.78 Å². The number of aliphatic hydroxyl groups excluding tert-OH is 1. The van der Waals surface area contributed by atoms with Crippen LogP contribution in [0, 0.1) is 5.92 Å². The number of hydrogen-bond donors (Lipinski definition) is 5. The Bertz CT molecular complexity index is 728. The lowest BCUT2D eigenvalue weighted by Gasteiger charge is -2.19. The van der Waals surface area contributed by atoms with Crippen LogP contribution in [0.25, 0.3) is 0 Å². The number of hydrogen-bond acceptors (Lipinski definition) is 6. The van der Waals surface area contributed by atoms with Crippen molar-refractivity contribution in [3.05, 3.63) is 60.8 Å². The zero-order valence-corrected chi connectivity index (χ0v) is 20.2. The van der Waals surface area contributed by atoms with Crippen molar-refractivity contribution >= 4 is 30.3 Å². The Morgan fingerprint density at radius 3 is 2.27 bits per heavy atom. The van der Waals surface area contributed by atoms with E-state index in [1.54, 1.807) is 18.2 Å². The maximum atomic E-state index is 12.6. The van der Waals surface area contributed by atoms with Crippen molar-refractivity contribution in [2.75, 3.05) is 12.3 Å². The van der Waals surface area contributed by atoms with Gasteiger partial charge in [0, 0.05) is 12.2 Å². The van der Waals surface area contributed by atoms with Gasteiger partial charge in [-0.25, -0.2) is 0 Å². The van der Waals surface area contributed by atoms with Crippen molar-refractivity contribution in [2.24, 2.45) is 11.7 Å². The number of ketones is 1. The summed E-state index contributed by atoms with van der Waals surface area (Å²) in [4.78, 5) is 35.1. The van der Waals surface area contributed by atoms with E-state index < -0.39 is 29.9 Å². The number of carboxylic acids is 1. The molecule has 0 aromatic rings. The molecule has 8 heteroatoms. The zero-order chi connectivity index (χ0) is 24.9. The highest BCUT2D eigenvalue weighted by Crippen LogP contribution is 2.14. The highest BCUT2D eigenvalue weighted by atomic mass is 32.1. The minimum Gasteiger partial charge on any atom is -0.481 e. The van der Waals surface area contributed by atoms with Crippen LogP contribution in [0.3, 0.4) is 0 Å². The van der Waals surface area contributed by atoms with Gasteiger partial charge < -0.3 is 21.3 Å². The van der Waals surface area contributed by atoms with E-state index in [0.29, 0.717) is 0 Å². The molecule has 0 aromatic carbocycles. The average Bonchev–Trinajstić information content (AvgIpc) is 2.79. The van der Waals surface area contributed by atoms with Gasteiger partial charge in [0.05, 0.1) is 24.6 Å². The molecule has 0 fully saturated rings. The molecule has 1 amide bonds. The average molecular weight is 479 g/mol. The number of amides is 1. The molecule has 0 spiro atoms. The number of nitrogens with two attached hydrogens (primary N) is 1. The lowest BCUT2D eigenvalue weighted by atomic mass is 9.92. The summed E-state index contributed by atoms with van der Waals surface area (Å²) < 4.78 is 0. The normalized spacial score (nSPS) is 15.2. The fraction of sp³-hybridized carbons (Fsp3) is 0.480. The molecule has 0 unspecified atom stereocenters. The molecule has 0 aliphatic heterocycles. The van der Waals surface area contributed by atoms with Crippen molar-refractivity contribution in [1.82, 2.24) is 5.32 Å². The summed E-state index contributed by atoms with van der Waals surface area (Å²) in [6.45, 7) is 1.81. The maximum absolute atomic E-state index is 12.6. The second kappa shape index (κ2) is 20.2. The Labute approximate surface area is 202 Å². The molecule has 0 aromatic heterocycles. The number of rotatable bonds is 18. The van der Waals surface area contributed by atoms with Crippen LogP contribution in [-0.4, -0.2) is 52.3 Å². The first-order valence-corrected chi connectivity index (χ1v) is 11.8. The van der Waals surface area contributed by atoms with E-state index in [2.05, 4.69) is 49.2 Å². The van der Waals surface area contributed by atoms with Crippen molar-refractivity contribution < 1.29 is 24.6 Å². The van der Waals surface area contributed by atoms with Gasteiger partial charge in [-0.3, -0.25) is 14.4 Å². The number of carbonyl (C=O) groups excluding carboxylic acids is 2. The zero-order valence-electron chi connectivity index (χ0n) is 19.3. The first-order chi connectivity index (χ1) is 15.8. The standard InChI is InChI=1S/C25H38N2O5S/c1-2-3-4-5-6-7-8-9-10-11-12-13-15-20(22(28)16-14-17-24(30)31)23(29)18-27-25(32)21(26)19-33/h3-4,6-7,9-13,15,20-22,28,33H,2,5,8,14,16-19,26H2,1H3,(H,27,32)(H,30,31)/b4-3-,7-6-,10-9-,12-11+,15-13+/t20-,21-,22+/m1/s1. The van der Waals surface area contributed by atoms with E-state index in [1.807, 2.05) is 18.2 Å². The van der Waals surface area contributed by atoms with E-state index in [1.165, 1.54) is 0 Å². The maximum Gasteiger partial charge on any atom is 0.303 e. The molecule has 0 rings (SSSR count). The Balaban J connectivity index is 4.83. The minimum absolute atomic E-state index is 0.0940. The summed E-state index contributed by atoms with van der Waals surface area (Å²) in [5.74, 6) is -2.58. The Kier molecular flexibility index (Phi) is 18.7. The predicted molar refractivity (Wildman–Crippen MR) is 136 cm³/mol. The smallest absolute Gasteiger partial charge is 0.303 e. The van der Waals surface area contributed by atoms with E-state index in [0.717, 1.165) is 19.3 Å². The summed E-state index contributed by atoms with van der Waals surface area (Å²) >= 11 is 3.95. The molecule has 184 valence electrons. The molecule has 0 saturated heterocycles. The second-order valence-corrected chi connectivity index (χ2v) is 7.74. The molecule has 0 heterocycles. The largest absolute Gasteiger partial charge is 0.481 e. The van der Waals surface area contributed by atoms with E-state index in [-0.39, 0.29) is 37.3 Å². The number of carboxylic acid groups (broad SMARTS) is 1. The van der Waals surface area contributed by atoms with Crippen LogP contribution in [-0.2, 0) is 14.4 Å². The van der Waals surface area contributed by atoms with Gasteiger partial charge >= 0.3 is 5.97 Å². The highest BCUT2D eigenvalue weighted by molar-refractivity contribution is 7.80. The van der Waals surface area contributed by atoms with Gasteiger partial charge in [0.25, 0.3) is 0 Å². The molecule has 0 saturated carbocycles. The van der Waals surface area contributed by atoms with Crippen molar-refractivity contribution in [3.8, 4) is 0 Å². The third-order valence-corrected chi connectivity index (χ3v) is 4.94. The van der Waals surface area contributed by atoms with Crippen LogP contribution in [0.15, 0.2) is 60.8 Å². The molecule has 33 heavy (non-hydrogen) atoms. The summed E-state index contributed by atoms with van der Waals surface area (Å²) in [6.07, 6.45) is 21.1. The van der Waals surface area contributed by atoms with Gasteiger partial charge in [-0.05, 0) is 32.1 Å². The Morgan fingerprint density at radius 2 is 1.64 bits per heavy atom. The number of Topliss-reactive ketones (excluding diaryl/α,β-unsaturated/α-hetero) is 1. The van der Waals surface area contributed by atoms with Gasteiger partial charge in [-0.1, -0.05) is 67.7 Å². The number of aliphatic carboxylic acids is 1. The van der Waals surface area contributed by atoms with Gasteiger partial charge in [-0.15, -0.1) is 0 Å². The summed E-state index contributed by atoms with van der Waals surface area (Å²) in [5, 5.41) is 21.6. The number of allylic oxidation sites excluding steroid dienone is 9. The molecule has 0 aliphatic carbocycles. The van der Waals surface area contributed by atoms with Crippen molar-refractivity contribution in [3.63, 3.8) is 0 Å². The first-order valence-electron chi connectivity index (χ1n) is 11.2. The van der Waals surface area contributed by atoms with Crippen molar-refractivity contribution in [2.45, 2.75) is 57.6 Å². The van der Waals surface area contributed by atoms with E-state index in [9.17, 15) is 19.5 Å². The van der Waals surface area contributed by atoms with Crippen LogP contribution in [0.4, 0.5) is 0 Å². The molecule has 0 radical (unpaired) electrons. The van der Waals surface area contributed by atoms with Gasteiger partial charge in [-0.2, -0.15) is 12.6 Å². The molecular formula is C25H38N2O5S. The van der Waals surface area contributed by atoms with E-state index >= 15 is 0 Å². The van der Waals surface area contributed by atoms with Gasteiger partial charge in [0.2, 0.25) is 5.91 Å². The number of aliphatic hydroxyl groups is 1. The first kappa shape index (κ1) is 30.6. The van der Waals surface area contributed by atoms with Crippen LogP contribution < -0.4 is 11.1 Å².